The van der Waals surface area contributed by atoms with Crippen LogP contribution in [0.25, 0.3) is 0 Å². The van der Waals surface area contributed by atoms with Crippen LogP contribution in [0.15, 0.2) is 48.7 Å². The number of hydrogen-bond donors (Lipinski definition) is 1. The first-order valence-corrected chi connectivity index (χ1v) is 6.49. The molecule has 1 aromatic carbocycles. The summed E-state index contributed by atoms with van der Waals surface area (Å²) in [6.07, 6.45) is 3.03. The number of benzene rings is 1. The molecule has 2 rings (SSSR count). The van der Waals surface area contributed by atoms with Crippen LogP contribution in [0.3, 0.4) is 0 Å². The third-order valence-electron chi connectivity index (χ3n) is 3.14. The van der Waals surface area contributed by atoms with E-state index in [1.54, 1.807) is 0 Å². The van der Waals surface area contributed by atoms with Crippen molar-refractivity contribution in [2.24, 2.45) is 0 Å². The van der Waals surface area contributed by atoms with Crippen LogP contribution in [0.1, 0.15) is 36.2 Å². The highest BCUT2D eigenvalue weighted by Gasteiger charge is 2.07. The minimum atomic E-state index is 0.410. The van der Waals surface area contributed by atoms with E-state index in [1.807, 2.05) is 13.1 Å². The molecule has 1 heterocycles. The minimum absolute atomic E-state index is 0.410. The lowest BCUT2D eigenvalue weighted by Crippen LogP contribution is -2.20. The number of nitrogens with zero attached hydrogens (tertiary/aromatic N) is 1. The summed E-state index contributed by atoms with van der Waals surface area (Å²) in [5.41, 5.74) is 3.64. The summed E-state index contributed by atoms with van der Waals surface area (Å²) in [4.78, 5) is 4.32. The van der Waals surface area contributed by atoms with Gasteiger partial charge >= 0.3 is 0 Å². The summed E-state index contributed by atoms with van der Waals surface area (Å²) in [6.45, 7) is 5.08. The van der Waals surface area contributed by atoms with E-state index in [-0.39, 0.29) is 0 Å². The van der Waals surface area contributed by atoms with Crippen LogP contribution in [0.5, 0.6) is 0 Å². The molecule has 2 heteroatoms. The fraction of sp³-hybridized carbons (Fsp3) is 0.312. The predicted octanol–water partition coefficient (Wildman–Crippen LogP) is 3.63. The summed E-state index contributed by atoms with van der Waals surface area (Å²) in [6, 6.07) is 15.2. The Morgan fingerprint density at radius 1 is 1.11 bits per heavy atom. The average molecular weight is 240 g/mol. The molecule has 0 bridgehead atoms. The molecule has 0 saturated heterocycles. The van der Waals surface area contributed by atoms with E-state index in [4.69, 9.17) is 0 Å². The van der Waals surface area contributed by atoms with E-state index < -0.39 is 0 Å². The molecule has 2 aromatic rings. The van der Waals surface area contributed by atoms with E-state index in [0.29, 0.717) is 6.04 Å². The van der Waals surface area contributed by atoms with Gasteiger partial charge in [0.1, 0.15) is 0 Å². The molecule has 1 unspecified atom stereocenters. The van der Waals surface area contributed by atoms with Crippen molar-refractivity contribution in [2.75, 3.05) is 0 Å². The van der Waals surface area contributed by atoms with Gasteiger partial charge in [0.05, 0.1) is 0 Å². The Morgan fingerprint density at radius 3 is 2.50 bits per heavy atom. The molecule has 0 aliphatic rings. The van der Waals surface area contributed by atoms with Gasteiger partial charge < -0.3 is 5.32 Å². The number of rotatable bonds is 5. The average Bonchev–Trinajstić information content (AvgIpc) is 2.43. The molecular formula is C16H20N2. The zero-order chi connectivity index (χ0) is 12.8. The van der Waals surface area contributed by atoms with Gasteiger partial charge in [0, 0.05) is 24.5 Å². The smallest absolute Gasteiger partial charge is 0.0372 e. The first-order valence-electron chi connectivity index (χ1n) is 6.49. The van der Waals surface area contributed by atoms with Crippen LogP contribution in [-0.2, 0) is 6.54 Å². The van der Waals surface area contributed by atoms with Gasteiger partial charge in [-0.15, -0.1) is 0 Å². The number of aromatic nitrogens is 1. The molecule has 2 nitrogen and oxygen atoms in total. The summed E-state index contributed by atoms with van der Waals surface area (Å²) in [5.74, 6) is 0. The summed E-state index contributed by atoms with van der Waals surface area (Å²) < 4.78 is 0. The molecule has 1 N–H and O–H groups in total. The van der Waals surface area contributed by atoms with Gasteiger partial charge in [-0.2, -0.15) is 0 Å². The normalized spacial score (nSPS) is 12.3. The minimum Gasteiger partial charge on any atom is -0.306 e. The largest absolute Gasteiger partial charge is 0.306 e. The topological polar surface area (TPSA) is 24.9 Å². The third kappa shape index (κ3) is 3.41. The van der Waals surface area contributed by atoms with Crippen molar-refractivity contribution in [1.82, 2.24) is 10.3 Å². The van der Waals surface area contributed by atoms with E-state index in [9.17, 15) is 0 Å². The second kappa shape index (κ2) is 6.31. The van der Waals surface area contributed by atoms with Crippen LogP contribution >= 0.6 is 0 Å². The maximum atomic E-state index is 4.32. The lowest BCUT2D eigenvalue weighted by molar-refractivity contribution is 0.518. The van der Waals surface area contributed by atoms with E-state index in [2.05, 4.69) is 59.7 Å². The van der Waals surface area contributed by atoms with Gasteiger partial charge in [0.2, 0.25) is 0 Å². The Hall–Kier alpha value is -1.67. The van der Waals surface area contributed by atoms with Crippen molar-refractivity contribution < 1.29 is 0 Å². The SMILES string of the molecule is CCC(NCc1ccc(C)nc1)c1ccccc1. The molecule has 0 spiro atoms. The lowest BCUT2D eigenvalue weighted by atomic mass is 10.0. The van der Waals surface area contributed by atoms with Crippen molar-refractivity contribution in [3.63, 3.8) is 0 Å². The van der Waals surface area contributed by atoms with Gasteiger partial charge in [-0.25, -0.2) is 0 Å². The monoisotopic (exact) mass is 240 g/mol. The molecule has 0 aliphatic carbocycles. The summed E-state index contributed by atoms with van der Waals surface area (Å²) >= 11 is 0. The zero-order valence-electron chi connectivity index (χ0n) is 11.1. The van der Waals surface area contributed by atoms with Crippen LogP contribution in [0.4, 0.5) is 0 Å². The molecule has 1 atom stereocenters. The van der Waals surface area contributed by atoms with Crippen molar-refractivity contribution in [2.45, 2.75) is 32.9 Å². The van der Waals surface area contributed by atoms with Crippen LogP contribution < -0.4 is 5.32 Å². The molecule has 0 saturated carbocycles. The highest BCUT2D eigenvalue weighted by Crippen LogP contribution is 2.16. The Bertz CT molecular complexity index is 462. The summed E-state index contributed by atoms with van der Waals surface area (Å²) in [7, 11) is 0. The second-order valence-electron chi connectivity index (χ2n) is 4.56. The second-order valence-corrected chi connectivity index (χ2v) is 4.56. The van der Waals surface area contributed by atoms with Crippen LogP contribution in [-0.4, -0.2) is 4.98 Å². The maximum absolute atomic E-state index is 4.32. The van der Waals surface area contributed by atoms with Gasteiger partial charge in [0.25, 0.3) is 0 Å². The molecule has 1 aromatic heterocycles. The highest BCUT2D eigenvalue weighted by molar-refractivity contribution is 5.19. The lowest BCUT2D eigenvalue weighted by Gasteiger charge is -2.17. The highest BCUT2D eigenvalue weighted by atomic mass is 14.9. The molecular weight excluding hydrogens is 220 g/mol. The van der Waals surface area contributed by atoms with E-state index in [1.165, 1.54) is 11.1 Å². The number of hydrogen-bond acceptors (Lipinski definition) is 2. The first kappa shape index (κ1) is 12.8. The van der Waals surface area contributed by atoms with Crippen molar-refractivity contribution in [3.8, 4) is 0 Å². The third-order valence-corrected chi connectivity index (χ3v) is 3.14. The van der Waals surface area contributed by atoms with Gasteiger partial charge in [0.15, 0.2) is 0 Å². The first-order chi connectivity index (χ1) is 8.79. The standard InChI is InChI=1S/C16H20N2/c1-3-16(15-7-5-4-6-8-15)18-12-14-10-9-13(2)17-11-14/h4-11,16,18H,3,12H2,1-2H3. The quantitative estimate of drug-likeness (QED) is 0.863. The number of nitrogens with one attached hydrogen (secondary N) is 1. The van der Waals surface area contributed by atoms with Crippen LogP contribution in [0.2, 0.25) is 0 Å². The molecule has 0 radical (unpaired) electrons. The maximum Gasteiger partial charge on any atom is 0.0372 e. The molecule has 18 heavy (non-hydrogen) atoms. The molecule has 0 aliphatic heterocycles. The molecule has 94 valence electrons. The van der Waals surface area contributed by atoms with Crippen molar-refractivity contribution >= 4 is 0 Å². The Balaban J connectivity index is 1.97. The fourth-order valence-corrected chi connectivity index (χ4v) is 2.03. The fourth-order valence-electron chi connectivity index (χ4n) is 2.03. The Labute approximate surface area is 109 Å². The Morgan fingerprint density at radius 2 is 1.89 bits per heavy atom. The van der Waals surface area contributed by atoms with Crippen LogP contribution in [0, 0.1) is 6.92 Å². The Kier molecular flexibility index (Phi) is 4.48. The van der Waals surface area contributed by atoms with E-state index in [0.717, 1.165) is 18.7 Å². The predicted molar refractivity (Wildman–Crippen MR) is 75.3 cm³/mol. The summed E-state index contributed by atoms with van der Waals surface area (Å²) in [5, 5.41) is 3.58. The van der Waals surface area contributed by atoms with Crippen molar-refractivity contribution in [3.05, 3.63) is 65.5 Å². The molecule has 0 fully saturated rings. The van der Waals surface area contributed by atoms with Gasteiger partial charge in [-0.05, 0) is 30.5 Å². The van der Waals surface area contributed by atoms with Gasteiger partial charge in [-0.1, -0.05) is 43.3 Å². The number of aryl methyl sites for hydroxylation is 1. The number of pyridine rings is 1. The van der Waals surface area contributed by atoms with Gasteiger partial charge in [-0.3, -0.25) is 4.98 Å². The molecule has 0 amide bonds. The van der Waals surface area contributed by atoms with E-state index >= 15 is 0 Å². The van der Waals surface area contributed by atoms with Crippen molar-refractivity contribution in [1.29, 1.82) is 0 Å². The zero-order valence-corrected chi connectivity index (χ0v) is 11.1.